The van der Waals surface area contributed by atoms with Gasteiger partial charge in [-0.1, -0.05) is 85.8 Å². The zero-order valence-electron chi connectivity index (χ0n) is 32.2. The fourth-order valence-electron chi connectivity index (χ4n) is 7.68. The minimum Gasteiger partial charge on any atom is -0.489 e. The Morgan fingerprint density at radius 3 is 2.16 bits per heavy atom. The quantitative estimate of drug-likeness (QED) is 0.109. The Kier molecular flexibility index (Phi) is 12.4. The summed E-state index contributed by atoms with van der Waals surface area (Å²) in [6.07, 6.45) is -2.65. The van der Waals surface area contributed by atoms with Gasteiger partial charge in [0.05, 0.1) is 11.1 Å². The molecule has 1 amide bonds. The van der Waals surface area contributed by atoms with Gasteiger partial charge in [-0.05, 0) is 90.4 Å². The molecule has 0 unspecified atom stereocenters. The molecule has 58 heavy (non-hydrogen) atoms. The number of halogens is 5. The van der Waals surface area contributed by atoms with Crippen molar-refractivity contribution in [2.45, 2.75) is 64.5 Å². The molecule has 0 saturated carbocycles. The second kappa shape index (κ2) is 17.8. The van der Waals surface area contributed by atoms with Crippen molar-refractivity contribution < 1.29 is 31.5 Å². The van der Waals surface area contributed by atoms with Gasteiger partial charge in [0.15, 0.2) is 17.1 Å². The van der Waals surface area contributed by atoms with E-state index in [2.05, 4.69) is 11.8 Å². The highest BCUT2D eigenvalue weighted by Crippen LogP contribution is 2.32. The predicted octanol–water partition coefficient (Wildman–Crippen LogP) is 9.84. The summed E-state index contributed by atoms with van der Waals surface area (Å²) >= 11 is 0. The predicted molar refractivity (Wildman–Crippen MR) is 215 cm³/mol. The smallest absolute Gasteiger partial charge is 0.416 e. The number of alkyl halides is 3. The van der Waals surface area contributed by atoms with Crippen molar-refractivity contribution in [3.63, 3.8) is 0 Å². The summed E-state index contributed by atoms with van der Waals surface area (Å²) in [7, 11) is 0. The molecule has 7 rings (SSSR count). The topological polar surface area (TPSA) is 54.8 Å². The lowest BCUT2D eigenvalue weighted by Crippen LogP contribution is -2.48. The van der Waals surface area contributed by atoms with Gasteiger partial charge in [0.25, 0.3) is 0 Å². The van der Waals surface area contributed by atoms with Crippen LogP contribution in [0.1, 0.15) is 47.7 Å². The average Bonchev–Trinajstić information content (AvgIpc) is 3.24. The van der Waals surface area contributed by atoms with Gasteiger partial charge < -0.3 is 19.1 Å². The van der Waals surface area contributed by atoms with E-state index >= 15 is 0 Å². The zero-order valence-corrected chi connectivity index (χ0v) is 32.2. The van der Waals surface area contributed by atoms with Crippen LogP contribution < -0.4 is 10.2 Å². The number of benzene rings is 5. The van der Waals surface area contributed by atoms with Crippen molar-refractivity contribution in [1.82, 2.24) is 14.4 Å². The van der Waals surface area contributed by atoms with Crippen LogP contribution in [-0.2, 0) is 43.5 Å². The van der Waals surface area contributed by atoms with E-state index in [1.807, 2.05) is 59.5 Å². The van der Waals surface area contributed by atoms with Gasteiger partial charge in [0, 0.05) is 48.9 Å². The molecule has 300 valence electrons. The summed E-state index contributed by atoms with van der Waals surface area (Å²) < 4.78 is 76.5. The van der Waals surface area contributed by atoms with Gasteiger partial charge in [-0.25, -0.2) is 8.78 Å². The molecule has 11 heteroatoms. The van der Waals surface area contributed by atoms with Gasteiger partial charge >= 0.3 is 6.18 Å². The average molecular weight is 794 g/mol. The van der Waals surface area contributed by atoms with Crippen LogP contribution in [0.3, 0.4) is 0 Å². The van der Waals surface area contributed by atoms with Crippen LogP contribution in [-0.4, -0.2) is 46.0 Å². The van der Waals surface area contributed by atoms with E-state index in [0.29, 0.717) is 27.9 Å². The van der Waals surface area contributed by atoms with Crippen LogP contribution in [0.15, 0.2) is 126 Å². The van der Waals surface area contributed by atoms with Crippen LogP contribution in [0, 0.1) is 11.6 Å². The molecular weight excluding hydrogens is 750 g/mol. The molecule has 0 radical (unpaired) electrons. The first-order chi connectivity index (χ1) is 28.0. The number of likely N-dealkylation sites (tertiary alicyclic amines) is 1. The molecule has 1 fully saturated rings. The zero-order chi connectivity index (χ0) is 40.8. The van der Waals surface area contributed by atoms with E-state index < -0.39 is 23.4 Å². The molecular formula is C47H44F5N3O3. The van der Waals surface area contributed by atoms with Crippen molar-refractivity contribution in [2.24, 2.45) is 0 Å². The molecule has 0 bridgehead atoms. The number of fused-ring (bicyclic) bond motifs is 1. The van der Waals surface area contributed by atoms with Gasteiger partial charge in [-0.3, -0.25) is 9.59 Å². The highest BCUT2D eigenvalue weighted by atomic mass is 19.4. The van der Waals surface area contributed by atoms with Crippen molar-refractivity contribution in [3.8, 4) is 16.9 Å². The molecule has 6 aromatic rings. The minimum absolute atomic E-state index is 0.0786. The summed E-state index contributed by atoms with van der Waals surface area (Å²) in [6, 6.07) is 32.7. The number of aromatic nitrogens is 1. The number of pyridine rings is 1. The second-order valence-electron chi connectivity index (χ2n) is 14.7. The lowest BCUT2D eigenvalue weighted by atomic mass is 10.00. The third kappa shape index (κ3) is 9.48. The van der Waals surface area contributed by atoms with Crippen LogP contribution in [0.2, 0.25) is 0 Å². The number of carbonyl (C=O) groups excluding carboxylic acids is 1. The Labute approximate surface area is 334 Å². The summed E-state index contributed by atoms with van der Waals surface area (Å²) in [5.41, 5.74) is 3.36. The number of carbonyl (C=O) groups is 1. The summed E-state index contributed by atoms with van der Waals surface area (Å²) in [5, 5.41) is 0.391. The first kappa shape index (κ1) is 40.4. The van der Waals surface area contributed by atoms with Crippen LogP contribution in [0.25, 0.3) is 22.0 Å². The fourth-order valence-corrected chi connectivity index (χ4v) is 7.68. The Morgan fingerprint density at radius 1 is 0.793 bits per heavy atom. The minimum atomic E-state index is -4.42. The molecule has 0 atom stereocenters. The summed E-state index contributed by atoms with van der Waals surface area (Å²) in [4.78, 5) is 32.6. The van der Waals surface area contributed by atoms with Gasteiger partial charge in [0.1, 0.15) is 18.9 Å². The van der Waals surface area contributed by atoms with Crippen molar-refractivity contribution in [2.75, 3.05) is 19.6 Å². The summed E-state index contributed by atoms with van der Waals surface area (Å²) in [6.45, 7) is 5.11. The molecule has 1 saturated heterocycles. The summed E-state index contributed by atoms with van der Waals surface area (Å²) in [5.74, 6) is -1.58. The third-order valence-corrected chi connectivity index (χ3v) is 11.0. The largest absolute Gasteiger partial charge is 0.489 e. The number of nitrogens with zero attached hydrogens (tertiary/aromatic N) is 3. The van der Waals surface area contributed by atoms with E-state index in [-0.39, 0.29) is 55.5 Å². The molecule has 2 heterocycles. The number of piperidine rings is 1. The Morgan fingerprint density at radius 2 is 1.48 bits per heavy atom. The fraction of sp³-hybridized carbons (Fsp3) is 0.277. The first-order valence-corrected chi connectivity index (χ1v) is 19.5. The van der Waals surface area contributed by atoms with E-state index in [1.54, 1.807) is 22.8 Å². The molecule has 1 aromatic heterocycles. The van der Waals surface area contributed by atoms with E-state index in [0.717, 1.165) is 67.4 Å². The van der Waals surface area contributed by atoms with Gasteiger partial charge in [0.2, 0.25) is 5.91 Å². The second-order valence-corrected chi connectivity index (χ2v) is 14.7. The third-order valence-electron chi connectivity index (χ3n) is 11.0. The lowest BCUT2D eigenvalue weighted by Gasteiger charge is -2.38. The number of aryl methyl sites for hydroxylation is 2. The molecule has 1 aliphatic rings. The first-order valence-electron chi connectivity index (χ1n) is 19.5. The van der Waals surface area contributed by atoms with Crippen molar-refractivity contribution in [1.29, 1.82) is 0 Å². The number of amides is 1. The van der Waals surface area contributed by atoms with Crippen LogP contribution in [0.4, 0.5) is 22.0 Å². The standard InChI is InChI=1S/C47H44F5N3O3/c1-2-53-25-23-38(24-26-53)55(29-32-11-13-34(14-12-32)35-15-18-37(19-16-35)47(50,51)52)45(57)30-54-39(20-17-36-9-6-10-42(48)46(36)49)27-44(56)41-22-21-40(28-43(41)54)58-31-33-7-4-3-5-8-33/h3-16,18-19,21-22,27-28,38H,2,17,20,23-26,29-31H2,1H3. The highest BCUT2D eigenvalue weighted by Gasteiger charge is 2.31. The molecule has 1 aliphatic heterocycles. The van der Waals surface area contributed by atoms with Crippen LogP contribution >= 0.6 is 0 Å². The van der Waals surface area contributed by atoms with Crippen LogP contribution in [0.5, 0.6) is 5.75 Å². The molecule has 0 spiro atoms. The normalized spacial score (nSPS) is 13.8. The highest BCUT2D eigenvalue weighted by molar-refractivity contribution is 5.84. The molecule has 6 nitrogen and oxygen atoms in total. The van der Waals surface area contributed by atoms with Gasteiger partial charge in [-0.2, -0.15) is 13.2 Å². The SMILES string of the molecule is CCN1CCC(N(Cc2ccc(-c3ccc(C(F)(F)F)cc3)cc2)C(=O)Cn2c(CCc3cccc(F)c3F)cc(=O)c3ccc(OCc4ccccc4)cc32)CC1. The molecule has 5 aromatic carbocycles. The number of ether oxygens (including phenoxy) is 1. The van der Waals surface area contributed by atoms with Gasteiger partial charge in [-0.15, -0.1) is 0 Å². The van der Waals surface area contributed by atoms with E-state index in [9.17, 15) is 31.5 Å². The maximum absolute atomic E-state index is 14.8. The lowest BCUT2D eigenvalue weighted by molar-refractivity contribution is -0.137. The Balaban J connectivity index is 1.22. The van der Waals surface area contributed by atoms with E-state index in [1.165, 1.54) is 30.3 Å². The Bertz CT molecular complexity index is 2410. The number of hydrogen-bond acceptors (Lipinski definition) is 4. The van der Waals surface area contributed by atoms with Crippen molar-refractivity contribution in [3.05, 3.63) is 171 Å². The Hall–Kier alpha value is -5.81. The maximum Gasteiger partial charge on any atom is 0.416 e. The maximum atomic E-state index is 14.8. The number of rotatable bonds is 13. The monoisotopic (exact) mass is 793 g/mol. The molecule has 0 N–H and O–H groups in total. The van der Waals surface area contributed by atoms with E-state index in [4.69, 9.17) is 4.74 Å². The molecule has 0 aliphatic carbocycles. The number of hydrogen-bond donors (Lipinski definition) is 0. The van der Waals surface area contributed by atoms with Crippen molar-refractivity contribution >= 4 is 16.8 Å².